The Balaban J connectivity index is 2.05. The lowest BCUT2D eigenvalue weighted by molar-refractivity contribution is 0.227. The lowest BCUT2D eigenvalue weighted by atomic mass is 9.90. The van der Waals surface area contributed by atoms with Crippen LogP contribution in [0, 0.1) is 0 Å². The van der Waals surface area contributed by atoms with E-state index in [2.05, 4.69) is 35.2 Å². The van der Waals surface area contributed by atoms with Gasteiger partial charge in [-0.2, -0.15) is 11.8 Å². The van der Waals surface area contributed by atoms with Crippen LogP contribution in [0.4, 0.5) is 0 Å². The number of rotatable bonds is 3. The molecule has 0 radical (unpaired) electrons. The number of hydrogen-bond acceptors (Lipinski definition) is 4. The minimum absolute atomic E-state index is 0.359. The molecule has 16 heavy (non-hydrogen) atoms. The van der Waals surface area contributed by atoms with Crippen LogP contribution in [0.3, 0.4) is 0 Å². The van der Waals surface area contributed by atoms with Crippen molar-refractivity contribution in [3.05, 3.63) is 11.6 Å². The van der Waals surface area contributed by atoms with Crippen LogP contribution in [0.25, 0.3) is 0 Å². The highest BCUT2D eigenvalue weighted by Crippen LogP contribution is 2.26. The quantitative estimate of drug-likeness (QED) is 0.445. The lowest BCUT2D eigenvalue weighted by Crippen LogP contribution is -2.55. The highest BCUT2D eigenvalue weighted by Gasteiger charge is 2.29. The highest BCUT2D eigenvalue weighted by molar-refractivity contribution is 7.99. The maximum atomic E-state index is 5.77. The number of hydrogen-bond donors (Lipinski definition) is 2. The highest BCUT2D eigenvalue weighted by atomic mass is 32.2. The Bertz CT molecular complexity index is 255. The molecule has 0 amide bonds. The molecule has 92 valence electrons. The fraction of sp³-hybridized carbons (Fsp3) is 0.833. The first-order chi connectivity index (χ1) is 7.83. The standard InChI is InChI=1S/C12H23N3S/c1-15-7-8-16-9-11(15)12(14-13)10-5-3-2-4-6-10/h5,11-12,14H,2-4,6-9,13H2,1H3. The Morgan fingerprint density at radius 3 is 3.06 bits per heavy atom. The molecule has 2 atom stereocenters. The summed E-state index contributed by atoms with van der Waals surface area (Å²) in [5.41, 5.74) is 4.58. The fourth-order valence-corrected chi connectivity index (χ4v) is 3.94. The molecule has 0 saturated carbocycles. The van der Waals surface area contributed by atoms with E-state index in [0.29, 0.717) is 12.1 Å². The zero-order valence-corrected chi connectivity index (χ0v) is 10.9. The van der Waals surface area contributed by atoms with Gasteiger partial charge in [-0.1, -0.05) is 11.6 Å². The third-order valence-corrected chi connectivity index (χ3v) is 4.78. The molecule has 3 nitrogen and oxygen atoms in total. The lowest BCUT2D eigenvalue weighted by Gasteiger charge is -2.39. The smallest absolute Gasteiger partial charge is 0.0583 e. The summed E-state index contributed by atoms with van der Waals surface area (Å²) < 4.78 is 0. The van der Waals surface area contributed by atoms with E-state index in [-0.39, 0.29) is 0 Å². The molecule has 0 aromatic heterocycles. The van der Waals surface area contributed by atoms with Gasteiger partial charge in [-0.05, 0) is 32.7 Å². The van der Waals surface area contributed by atoms with Crippen LogP contribution in [-0.4, -0.2) is 42.1 Å². The molecular formula is C12H23N3S. The summed E-state index contributed by atoms with van der Waals surface area (Å²) in [4.78, 5) is 2.45. The SMILES string of the molecule is CN1CCSCC1C(NN)C1=CCCCC1. The first-order valence-electron chi connectivity index (χ1n) is 6.26. The van der Waals surface area contributed by atoms with Gasteiger partial charge in [0.15, 0.2) is 0 Å². The molecule has 1 aliphatic carbocycles. The van der Waals surface area contributed by atoms with Crippen molar-refractivity contribution in [3.63, 3.8) is 0 Å². The van der Waals surface area contributed by atoms with E-state index >= 15 is 0 Å². The minimum Gasteiger partial charge on any atom is -0.300 e. The molecule has 4 heteroatoms. The van der Waals surface area contributed by atoms with Gasteiger partial charge >= 0.3 is 0 Å². The summed E-state index contributed by atoms with van der Waals surface area (Å²) in [7, 11) is 2.22. The largest absolute Gasteiger partial charge is 0.300 e. The van der Waals surface area contributed by atoms with Gasteiger partial charge in [-0.3, -0.25) is 16.2 Å². The summed E-state index contributed by atoms with van der Waals surface area (Å²) in [5, 5.41) is 0. The molecule has 0 bridgehead atoms. The van der Waals surface area contributed by atoms with Crippen LogP contribution in [0.15, 0.2) is 11.6 Å². The monoisotopic (exact) mass is 241 g/mol. The van der Waals surface area contributed by atoms with Crippen LogP contribution in [0.5, 0.6) is 0 Å². The van der Waals surface area contributed by atoms with E-state index in [9.17, 15) is 0 Å². The molecule has 2 aliphatic rings. The third kappa shape index (κ3) is 2.80. The van der Waals surface area contributed by atoms with Crippen LogP contribution in [0.2, 0.25) is 0 Å². The maximum Gasteiger partial charge on any atom is 0.0583 e. The van der Waals surface area contributed by atoms with Crippen molar-refractivity contribution in [2.75, 3.05) is 25.1 Å². The number of nitrogens with two attached hydrogens (primary N) is 1. The van der Waals surface area contributed by atoms with E-state index in [4.69, 9.17) is 5.84 Å². The summed E-state index contributed by atoms with van der Waals surface area (Å²) in [5.74, 6) is 8.22. The Hall–Kier alpha value is -0.0300. The van der Waals surface area contributed by atoms with Crippen LogP contribution in [0.1, 0.15) is 25.7 Å². The fourth-order valence-electron chi connectivity index (χ4n) is 2.67. The molecule has 3 N–H and O–H groups in total. The number of allylic oxidation sites excluding steroid dienone is 1. The van der Waals surface area contributed by atoms with E-state index < -0.39 is 0 Å². The second-order valence-electron chi connectivity index (χ2n) is 4.79. The van der Waals surface area contributed by atoms with E-state index in [1.165, 1.54) is 49.3 Å². The van der Waals surface area contributed by atoms with Gasteiger partial charge in [0.05, 0.1) is 6.04 Å². The zero-order valence-electron chi connectivity index (χ0n) is 10.1. The summed E-state index contributed by atoms with van der Waals surface area (Å²) in [6.07, 6.45) is 7.53. The average Bonchev–Trinajstić information content (AvgIpc) is 2.34. The number of nitrogens with zero attached hydrogens (tertiary/aromatic N) is 1. The molecule has 1 fully saturated rings. The van der Waals surface area contributed by atoms with Crippen LogP contribution >= 0.6 is 11.8 Å². The normalized spacial score (nSPS) is 29.9. The second-order valence-corrected chi connectivity index (χ2v) is 5.94. The van der Waals surface area contributed by atoms with E-state index in [1.807, 2.05) is 0 Å². The number of hydrazine groups is 1. The molecular weight excluding hydrogens is 218 g/mol. The van der Waals surface area contributed by atoms with Crippen molar-refractivity contribution in [2.45, 2.75) is 37.8 Å². The van der Waals surface area contributed by atoms with Crippen LogP contribution < -0.4 is 11.3 Å². The molecule has 1 saturated heterocycles. The Labute approximate surface area is 103 Å². The van der Waals surface area contributed by atoms with Gasteiger partial charge in [-0.15, -0.1) is 0 Å². The van der Waals surface area contributed by atoms with Crippen molar-refractivity contribution in [3.8, 4) is 0 Å². The first-order valence-corrected chi connectivity index (χ1v) is 7.41. The first kappa shape index (κ1) is 12.4. The Kier molecular flexibility index (Phi) is 4.70. The van der Waals surface area contributed by atoms with Crippen molar-refractivity contribution in [2.24, 2.45) is 5.84 Å². The molecule has 1 heterocycles. The third-order valence-electron chi connectivity index (χ3n) is 3.73. The van der Waals surface area contributed by atoms with Gasteiger partial charge < -0.3 is 0 Å². The maximum absolute atomic E-state index is 5.77. The van der Waals surface area contributed by atoms with Crippen molar-refractivity contribution in [1.82, 2.24) is 10.3 Å². The summed E-state index contributed by atoms with van der Waals surface area (Å²) >= 11 is 2.05. The van der Waals surface area contributed by atoms with Crippen molar-refractivity contribution < 1.29 is 0 Å². The Morgan fingerprint density at radius 1 is 1.56 bits per heavy atom. The average molecular weight is 241 g/mol. The number of thioether (sulfide) groups is 1. The molecule has 1 aliphatic heterocycles. The van der Waals surface area contributed by atoms with Crippen LogP contribution in [-0.2, 0) is 0 Å². The number of likely N-dealkylation sites (N-methyl/N-ethyl adjacent to an activating group) is 1. The van der Waals surface area contributed by atoms with Gasteiger partial charge in [-0.25, -0.2) is 0 Å². The van der Waals surface area contributed by atoms with Crippen molar-refractivity contribution in [1.29, 1.82) is 0 Å². The molecule has 2 rings (SSSR count). The molecule has 2 unspecified atom stereocenters. The topological polar surface area (TPSA) is 41.3 Å². The summed E-state index contributed by atoms with van der Waals surface area (Å²) in [6, 6.07) is 0.922. The van der Waals surface area contributed by atoms with Gasteiger partial charge in [0.25, 0.3) is 0 Å². The predicted octanol–water partition coefficient (Wildman–Crippen LogP) is 1.37. The number of nitrogens with one attached hydrogen (secondary N) is 1. The molecule has 0 aromatic carbocycles. The van der Waals surface area contributed by atoms with E-state index in [1.54, 1.807) is 0 Å². The van der Waals surface area contributed by atoms with Gasteiger partial charge in [0, 0.05) is 24.1 Å². The second kappa shape index (κ2) is 6.05. The van der Waals surface area contributed by atoms with Gasteiger partial charge in [0.2, 0.25) is 0 Å². The minimum atomic E-state index is 0.359. The molecule has 0 spiro atoms. The molecule has 0 aromatic rings. The predicted molar refractivity (Wildman–Crippen MR) is 71.4 cm³/mol. The Morgan fingerprint density at radius 2 is 2.44 bits per heavy atom. The van der Waals surface area contributed by atoms with Crippen molar-refractivity contribution >= 4 is 11.8 Å². The van der Waals surface area contributed by atoms with E-state index in [0.717, 1.165) is 0 Å². The van der Waals surface area contributed by atoms with Gasteiger partial charge in [0.1, 0.15) is 0 Å². The summed E-state index contributed by atoms with van der Waals surface area (Å²) in [6.45, 7) is 1.18. The zero-order chi connectivity index (χ0) is 11.4.